The molecule has 10 rings (SSSR count). The molecule has 0 radical (unpaired) electrons. The summed E-state index contributed by atoms with van der Waals surface area (Å²) >= 11 is 0. The maximum atomic E-state index is 6.64. The molecule has 0 bridgehead atoms. The molecule has 0 spiro atoms. The highest BCUT2D eigenvalue weighted by Gasteiger charge is 2.23. The Labute approximate surface area is 227 Å². The van der Waals surface area contributed by atoms with E-state index < -0.39 is 0 Å². The molecule has 4 nitrogen and oxygen atoms in total. The second kappa shape index (κ2) is 7.13. The van der Waals surface area contributed by atoms with Gasteiger partial charge in [-0.25, -0.2) is 9.97 Å². The van der Waals surface area contributed by atoms with E-state index in [1.165, 1.54) is 21.9 Å². The third-order valence-corrected chi connectivity index (χ3v) is 8.51. The second-order valence-corrected chi connectivity index (χ2v) is 10.6. The van der Waals surface area contributed by atoms with Crippen LogP contribution in [0.4, 0.5) is 0 Å². The second-order valence-electron chi connectivity index (χ2n) is 10.6. The lowest BCUT2D eigenvalue weighted by Gasteiger charge is -2.07. The van der Waals surface area contributed by atoms with E-state index >= 15 is 0 Å². The van der Waals surface area contributed by atoms with Gasteiger partial charge >= 0.3 is 0 Å². The maximum absolute atomic E-state index is 6.64. The van der Waals surface area contributed by atoms with Gasteiger partial charge in [0.2, 0.25) is 0 Å². The molecule has 4 heteroatoms. The molecule has 10 aromatic rings. The first kappa shape index (κ1) is 20.5. The van der Waals surface area contributed by atoms with Crippen LogP contribution in [0.25, 0.3) is 93.2 Å². The Kier molecular flexibility index (Phi) is 3.65. The molecule has 4 aromatic heterocycles. The van der Waals surface area contributed by atoms with Gasteiger partial charge in [0.05, 0.1) is 27.5 Å². The molecule has 4 heterocycles. The number of hydrogen-bond acceptors (Lipinski definition) is 3. The predicted molar refractivity (Wildman–Crippen MR) is 164 cm³/mol. The van der Waals surface area contributed by atoms with E-state index in [0.717, 1.165) is 71.3 Å². The van der Waals surface area contributed by atoms with Crippen molar-refractivity contribution in [2.45, 2.75) is 0 Å². The third kappa shape index (κ3) is 2.46. The fourth-order valence-corrected chi connectivity index (χ4v) is 6.77. The van der Waals surface area contributed by atoms with E-state index in [0.29, 0.717) is 0 Å². The van der Waals surface area contributed by atoms with Crippen LogP contribution in [0.1, 0.15) is 0 Å². The summed E-state index contributed by atoms with van der Waals surface area (Å²) < 4.78 is 8.91. The van der Waals surface area contributed by atoms with E-state index in [2.05, 4.69) is 95.4 Å². The van der Waals surface area contributed by atoms with Crippen molar-refractivity contribution in [3.63, 3.8) is 0 Å². The average molecular weight is 510 g/mol. The van der Waals surface area contributed by atoms with Gasteiger partial charge < -0.3 is 4.42 Å². The van der Waals surface area contributed by atoms with Crippen LogP contribution >= 0.6 is 0 Å². The third-order valence-electron chi connectivity index (χ3n) is 8.51. The van der Waals surface area contributed by atoms with Gasteiger partial charge in [-0.3, -0.25) is 4.40 Å². The van der Waals surface area contributed by atoms with Crippen molar-refractivity contribution < 1.29 is 4.42 Å². The quantitative estimate of drug-likeness (QED) is 0.221. The molecule has 0 saturated carbocycles. The number of para-hydroxylation sites is 3. The Bertz CT molecular complexity index is 2650. The monoisotopic (exact) mass is 509 g/mol. The molecule has 0 unspecified atom stereocenters. The minimum absolute atomic E-state index is 0.883. The highest BCUT2D eigenvalue weighted by atomic mass is 16.3. The van der Waals surface area contributed by atoms with Gasteiger partial charge in [-0.15, -0.1) is 0 Å². The first-order valence-corrected chi connectivity index (χ1v) is 13.5. The van der Waals surface area contributed by atoms with Crippen LogP contribution in [0.5, 0.6) is 0 Å². The average Bonchev–Trinajstić information content (AvgIpc) is 3.66. The molecule has 0 N–H and O–H groups in total. The van der Waals surface area contributed by atoms with E-state index in [1.54, 1.807) is 0 Å². The van der Waals surface area contributed by atoms with E-state index in [4.69, 9.17) is 14.4 Å². The molecule has 40 heavy (non-hydrogen) atoms. The van der Waals surface area contributed by atoms with Crippen LogP contribution in [0, 0.1) is 0 Å². The van der Waals surface area contributed by atoms with Crippen molar-refractivity contribution >= 4 is 82.1 Å². The van der Waals surface area contributed by atoms with Crippen molar-refractivity contribution in [1.29, 1.82) is 0 Å². The van der Waals surface area contributed by atoms with Crippen LogP contribution in [-0.4, -0.2) is 14.4 Å². The smallest absolute Gasteiger partial charge is 0.165 e. The van der Waals surface area contributed by atoms with Crippen molar-refractivity contribution in [2.75, 3.05) is 0 Å². The fourth-order valence-electron chi connectivity index (χ4n) is 6.77. The van der Waals surface area contributed by atoms with Crippen molar-refractivity contribution in [3.05, 3.63) is 115 Å². The summed E-state index contributed by atoms with van der Waals surface area (Å²) in [5.74, 6) is 0. The van der Waals surface area contributed by atoms with Crippen LogP contribution in [0.3, 0.4) is 0 Å². The number of benzene rings is 6. The Morgan fingerprint density at radius 3 is 2.30 bits per heavy atom. The Morgan fingerprint density at radius 1 is 0.575 bits per heavy atom. The normalized spacial score (nSPS) is 12.5. The zero-order valence-electron chi connectivity index (χ0n) is 21.2. The highest BCUT2D eigenvalue weighted by Crippen LogP contribution is 2.44. The van der Waals surface area contributed by atoms with E-state index in [9.17, 15) is 0 Å². The topological polar surface area (TPSA) is 43.3 Å². The van der Waals surface area contributed by atoms with Crippen LogP contribution in [-0.2, 0) is 0 Å². The Balaban J connectivity index is 1.31. The largest absolute Gasteiger partial charge is 0.455 e. The van der Waals surface area contributed by atoms with Crippen LogP contribution in [0.2, 0.25) is 0 Å². The fraction of sp³-hybridized carbons (Fsp3) is 0. The lowest BCUT2D eigenvalue weighted by atomic mass is 9.97. The van der Waals surface area contributed by atoms with Crippen molar-refractivity contribution in [2.24, 2.45) is 0 Å². The minimum Gasteiger partial charge on any atom is -0.455 e. The summed E-state index contributed by atoms with van der Waals surface area (Å²) in [6.07, 6.45) is 0. The van der Waals surface area contributed by atoms with E-state index in [-0.39, 0.29) is 0 Å². The molecule has 0 aliphatic heterocycles. The van der Waals surface area contributed by atoms with Gasteiger partial charge in [-0.2, -0.15) is 0 Å². The molecular weight excluding hydrogens is 490 g/mol. The number of fused-ring (bicyclic) bond motifs is 12. The van der Waals surface area contributed by atoms with Gasteiger partial charge in [-0.05, 0) is 58.3 Å². The van der Waals surface area contributed by atoms with Gasteiger partial charge in [0.25, 0.3) is 0 Å². The van der Waals surface area contributed by atoms with Crippen molar-refractivity contribution in [3.8, 4) is 11.1 Å². The van der Waals surface area contributed by atoms with Crippen LogP contribution < -0.4 is 0 Å². The maximum Gasteiger partial charge on any atom is 0.165 e. The first-order valence-electron chi connectivity index (χ1n) is 13.5. The van der Waals surface area contributed by atoms with Crippen molar-refractivity contribution in [1.82, 2.24) is 14.4 Å². The molecule has 0 amide bonds. The minimum atomic E-state index is 0.883. The number of hydrogen-bond donors (Lipinski definition) is 0. The molecule has 0 aliphatic rings. The summed E-state index contributed by atoms with van der Waals surface area (Å²) in [7, 11) is 0. The Hall–Kier alpha value is -5.48. The van der Waals surface area contributed by atoms with Gasteiger partial charge in [0.1, 0.15) is 16.7 Å². The molecule has 0 atom stereocenters. The number of nitrogens with zero attached hydrogens (tertiary/aromatic N) is 3. The molecule has 6 aromatic carbocycles. The summed E-state index contributed by atoms with van der Waals surface area (Å²) in [5.41, 5.74) is 10.1. The predicted octanol–water partition coefficient (Wildman–Crippen LogP) is 9.50. The molecule has 0 saturated heterocycles. The van der Waals surface area contributed by atoms with Gasteiger partial charge in [0, 0.05) is 21.5 Å². The van der Waals surface area contributed by atoms with Gasteiger partial charge in [0.15, 0.2) is 5.65 Å². The summed E-state index contributed by atoms with van der Waals surface area (Å²) in [5, 5.41) is 8.15. The summed E-state index contributed by atoms with van der Waals surface area (Å²) in [4.78, 5) is 10.1. The van der Waals surface area contributed by atoms with Crippen LogP contribution in [0.15, 0.2) is 120 Å². The molecular formula is C36H19N3O. The molecule has 0 fully saturated rings. The SMILES string of the molecule is c1ccc2c(-c3ccc4oc5c(ccc6c5c5cccc7c8nc9ccccc9nc8n6c75)c4c3)cccc2c1. The van der Waals surface area contributed by atoms with E-state index in [1.807, 2.05) is 24.3 Å². The summed E-state index contributed by atoms with van der Waals surface area (Å²) in [6.45, 7) is 0. The number of furan rings is 1. The molecule has 184 valence electrons. The lowest BCUT2D eigenvalue weighted by molar-refractivity contribution is 0.673. The first-order chi connectivity index (χ1) is 19.8. The summed E-state index contributed by atoms with van der Waals surface area (Å²) in [6, 6.07) is 40.6. The van der Waals surface area contributed by atoms with Gasteiger partial charge in [-0.1, -0.05) is 78.9 Å². The number of aromatic nitrogens is 3. The lowest BCUT2D eigenvalue weighted by Crippen LogP contribution is -1.88. The number of rotatable bonds is 1. The Morgan fingerprint density at radius 2 is 1.35 bits per heavy atom. The standard InChI is InChI=1S/C36H19N3O/c1-2-9-22-20(7-1)8-5-10-23(22)21-15-18-31-27(19-21)24-16-17-30-32(35(24)40-31)25-11-6-12-26-33-36(39(30)34(25)26)38-29-14-4-3-13-28(29)37-33/h1-19H. The molecule has 0 aliphatic carbocycles. The highest BCUT2D eigenvalue weighted by molar-refractivity contribution is 6.29. The zero-order valence-corrected chi connectivity index (χ0v) is 21.2. The zero-order chi connectivity index (χ0) is 25.9.